The summed E-state index contributed by atoms with van der Waals surface area (Å²) < 4.78 is 65.6. The molecule has 12 saturated carbocycles. The van der Waals surface area contributed by atoms with Gasteiger partial charge in [-0.05, 0) is 250 Å². The van der Waals surface area contributed by atoms with Gasteiger partial charge in [0, 0.05) is 52.8 Å². The van der Waals surface area contributed by atoms with Crippen LogP contribution in [0.25, 0.3) is 0 Å². The Hall–Kier alpha value is -6.36. The molecule has 18 aliphatic rings. The first kappa shape index (κ1) is 121. The lowest BCUT2D eigenvalue weighted by atomic mass is 9.71. The second kappa shape index (κ2) is 46.7. The van der Waals surface area contributed by atoms with Crippen LogP contribution in [0, 0.1) is 162 Å². The molecule has 6 aliphatic heterocycles. The Morgan fingerprint density at radius 2 is 0.767 bits per heavy atom. The lowest BCUT2D eigenvalue weighted by Gasteiger charge is -2.37. The molecule has 0 amide bonds. The van der Waals surface area contributed by atoms with Gasteiger partial charge in [0.25, 0.3) is 0 Å². The first-order chi connectivity index (χ1) is 55.3. The Morgan fingerprint density at radius 1 is 0.372 bits per heavy atom. The Balaban J connectivity index is 0.000000760. The number of cyclic esters (lactones) is 6. The molecule has 30 unspecified atom stereocenters. The van der Waals surface area contributed by atoms with Gasteiger partial charge in [-0.2, -0.15) is 0 Å². The van der Waals surface area contributed by atoms with Crippen molar-refractivity contribution in [3.63, 3.8) is 0 Å². The zero-order valence-electron chi connectivity index (χ0n) is 73.1. The molecule has 6 saturated heterocycles. The summed E-state index contributed by atoms with van der Waals surface area (Å²) in [5, 5.41) is 0. The van der Waals surface area contributed by atoms with Gasteiger partial charge >= 0.3 is 71.6 Å². The minimum Gasteiger partial charge on any atom is -0.465 e. The molecule has 0 aromatic rings. The lowest BCUT2D eigenvalue weighted by Crippen LogP contribution is -2.42. The van der Waals surface area contributed by atoms with E-state index >= 15 is 0 Å². The van der Waals surface area contributed by atoms with Gasteiger partial charge in [-0.1, -0.05) is 151 Å². The van der Waals surface area contributed by atoms with Crippen LogP contribution in [0.2, 0.25) is 0 Å². The normalized spacial score (nSPS) is 36.9. The summed E-state index contributed by atoms with van der Waals surface area (Å²) in [7, 11) is 0. The molecule has 24 nitrogen and oxygen atoms in total. The number of hydrogen-bond acceptors (Lipinski definition) is 24. The summed E-state index contributed by atoms with van der Waals surface area (Å²) >= 11 is 0. The summed E-state index contributed by atoms with van der Waals surface area (Å²) in [6.45, 7) is 36.6. The monoisotopic (exact) mass is 1830 g/mol. The molecule has 129 heavy (non-hydrogen) atoms. The van der Waals surface area contributed by atoms with Gasteiger partial charge < -0.3 is 56.8 Å². The highest BCUT2D eigenvalue weighted by Gasteiger charge is 2.68. The molecule has 3 spiro atoms. The highest BCUT2D eigenvalue weighted by molar-refractivity contribution is 5.83. The topological polar surface area (TPSA) is 316 Å². The predicted molar refractivity (Wildman–Crippen MR) is 503 cm³/mol. The van der Waals surface area contributed by atoms with E-state index in [0.29, 0.717) is 117 Å². The minimum atomic E-state index is -0.439. The van der Waals surface area contributed by atoms with Crippen LogP contribution >= 0.6 is 0 Å². The minimum absolute atomic E-state index is 0. The van der Waals surface area contributed by atoms with Crippen molar-refractivity contribution in [3.05, 3.63) is 0 Å². The van der Waals surface area contributed by atoms with Gasteiger partial charge in [0.15, 0.2) is 0 Å². The fourth-order valence-corrected chi connectivity index (χ4v) is 24.7. The molecule has 18 fully saturated rings. The van der Waals surface area contributed by atoms with Gasteiger partial charge in [0.05, 0.1) is 108 Å². The molecule has 18 rings (SSSR count). The van der Waals surface area contributed by atoms with Crippen LogP contribution in [0.15, 0.2) is 0 Å². The second-order valence-electron chi connectivity index (χ2n) is 41.8. The van der Waals surface area contributed by atoms with Crippen molar-refractivity contribution < 1.29 is 114 Å². The van der Waals surface area contributed by atoms with Crippen LogP contribution in [0.5, 0.6) is 0 Å². The summed E-state index contributed by atoms with van der Waals surface area (Å²) in [6, 6.07) is 0. The van der Waals surface area contributed by atoms with E-state index in [2.05, 4.69) is 6.92 Å². The maximum atomic E-state index is 12.3. The van der Waals surface area contributed by atoms with E-state index in [1.807, 2.05) is 111 Å². The largest absolute Gasteiger partial charge is 0.465 e. The third-order valence-corrected chi connectivity index (χ3v) is 34.0. The van der Waals surface area contributed by atoms with Crippen molar-refractivity contribution >= 4 is 71.6 Å². The van der Waals surface area contributed by atoms with Crippen LogP contribution in [-0.4, -0.2) is 148 Å². The number of carbonyl (C=O) groups is 12. The van der Waals surface area contributed by atoms with Crippen LogP contribution in [-0.2, 0) is 114 Å². The first-order valence-electron chi connectivity index (χ1n) is 45.5. The fourth-order valence-electron chi connectivity index (χ4n) is 24.7. The highest BCUT2D eigenvalue weighted by Crippen LogP contribution is 2.65. The van der Waals surface area contributed by atoms with E-state index in [9.17, 15) is 57.5 Å². The number of hydrogen-bond donors (Lipinski definition) is 0. The third kappa shape index (κ3) is 22.8. The van der Waals surface area contributed by atoms with Gasteiger partial charge in [0.2, 0.25) is 0 Å². The molecule has 12 bridgehead atoms. The predicted octanol–water partition coefficient (Wildman–Crippen LogP) is 22.1. The van der Waals surface area contributed by atoms with E-state index in [1.54, 1.807) is 0 Å². The number of carbonyl (C=O) groups excluding carboxylic acids is 12. The SMILES string of the molecule is C.C.C.C.C.C.C.C.C.C.C.C.CCC(C)(C)C(=O)OC1CC2CC1C1(CCOC1=O)C2.CCC(C)(C)C(=O)OC1CC2CC1C1(COC(=O)C1)C2.CCC(C)(C)C(=O)OC1CC2CC1C1C(=O)OCC21.CCC(C)(C)C(=O)OC1CC2CC1CC21CCOC1=O.CCC(C)C(=O)OC1C2CC(C1CC)C1C(=O)OCC21.CCC(C)C(=O)OC1CC2CC1C1C(=O)OCC21. The van der Waals surface area contributed by atoms with Gasteiger partial charge in [0.1, 0.15) is 36.6 Å². The van der Waals surface area contributed by atoms with E-state index in [0.717, 1.165) is 148 Å². The Labute approximate surface area is 781 Å². The Bertz CT molecular complexity index is 3760. The van der Waals surface area contributed by atoms with E-state index in [-0.39, 0.29) is 267 Å². The molecule has 0 aromatic carbocycles. The number of ether oxygens (including phenoxy) is 12. The van der Waals surface area contributed by atoms with Crippen LogP contribution in [0.4, 0.5) is 0 Å². The van der Waals surface area contributed by atoms with Crippen LogP contribution in [0.1, 0.15) is 361 Å². The number of fused-ring (bicyclic) bond motifs is 24. The fraction of sp³-hybridized carbons (Fsp3) is 0.886. The summed E-state index contributed by atoms with van der Waals surface area (Å²) in [5.41, 5.74) is -2.33. The van der Waals surface area contributed by atoms with Gasteiger partial charge in [-0.3, -0.25) is 57.5 Å². The number of rotatable bonds is 19. The summed E-state index contributed by atoms with van der Waals surface area (Å²) in [6.07, 6.45) is 21.2. The van der Waals surface area contributed by atoms with E-state index < -0.39 is 21.7 Å². The molecular formula is C105H186O24. The van der Waals surface area contributed by atoms with Crippen molar-refractivity contribution in [2.45, 2.75) is 398 Å². The molecule has 0 radical (unpaired) electrons. The Kier molecular flexibility index (Phi) is 43.7. The van der Waals surface area contributed by atoms with Crippen LogP contribution < -0.4 is 0 Å². The molecule has 0 aromatic heterocycles. The zero-order valence-corrected chi connectivity index (χ0v) is 73.1. The smallest absolute Gasteiger partial charge is 0.312 e. The second-order valence-corrected chi connectivity index (χ2v) is 41.8. The molecule has 30 atom stereocenters. The maximum Gasteiger partial charge on any atom is 0.312 e. The van der Waals surface area contributed by atoms with E-state index in [1.165, 1.54) is 0 Å². The standard InChI is InChI=1S/4C16H24O4.C15H22O4.C14H20O4.12CH4/c1-4-15(2,3)14(18)20-12-6-10-5-11(12)16(7-10)8-13(17)19-9-16;1-4-15(2,3)13(17)20-12-8-11-7-10(12)9-16(11)5-6-19-14(16)18;1-4-15(2,3)13(17)20-12-8-10-7-11(12)16(9-10)5-6-19-14(16)18;1-4-8(3)15(17)20-14-9(5-2)10-6-11(14)12-7-19-16(18)13(10)12;1-4-15(2,3)14(17)19-11-6-8-5-9(11)12-10(8)7-18-13(12)16;1-3-7(2)13(15)18-11-5-8-4-9(11)12-10(8)6-17-14(12)16;;;;;;;;;;;;/h3*10-12H,4-9H2,1-3H3;8-14H,4-7H2,1-3H3;8-12H,4-7H2,1-3H3;7-12H,3-6H2,1-2H3;12*1H4. The molecule has 750 valence electrons. The van der Waals surface area contributed by atoms with Crippen molar-refractivity contribution in [3.8, 4) is 0 Å². The average molecular weight is 1830 g/mol. The van der Waals surface area contributed by atoms with Crippen LogP contribution in [0.3, 0.4) is 0 Å². The van der Waals surface area contributed by atoms with E-state index in [4.69, 9.17) is 56.8 Å². The molecular weight excluding hydrogens is 1650 g/mol. The first-order valence-corrected chi connectivity index (χ1v) is 45.5. The maximum absolute atomic E-state index is 12.3. The quantitative estimate of drug-likeness (QED) is 0.0856. The van der Waals surface area contributed by atoms with Crippen molar-refractivity contribution in [1.29, 1.82) is 0 Å². The van der Waals surface area contributed by atoms with Crippen molar-refractivity contribution in [1.82, 2.24) is 0 Å². The zero-order chi connectivity index (χ0) is 84.7. The van der Waals surface area contributed by atoms with Gasteiger partial charge in [-0.25, -0.2) is 0 Å². The molecule has 0 N–H and O–H groups in total. The summed E-state index contributed by atoms with van der Waals surface area (Å²) in [4.78, 5) is 144. The number of esters is 12. The lowest BCUT2D eigenvalue weighted by molar-refractivity contribution is -0.169. The average Bonchev–Trinajstić information content (AvgIpc) is 1.59. The highest BCUT2D eigenvalue weighted by atomic mass is 16.6. The summed E-state index contributed by atoms with van der Waals surface area (Å²) in [5.74, 6) is 4.82. The molecule has 12 aliphatic carbocycles. The molecule has 6 heterocycles. The van der Waals surface area contributed by atoms with Crippen molar-refractivity contribution in [2.75, 3.05) is 39.6 Å². The van der Waals surface area contributed by atoms with Gasteiger partial charge in [-0.15, -0.1) is 0 Å². The Morgan fingerprint density at radius 3 is 1.16 bits per heavy atom. The third-order valence-electron chi connectivity index (χ3n) is 34.0. The molecule has 24 heteroatoms. The van der Waals surface area contributed by atoms with Crippen molar-refractivity contribution in [2.24, 2.45) is 162 Å².